The molecule has 4 aromatic heterocycles. The Morgan fingerprint density at radius 2 is 2.03 bits per heavy atom. The molecule has 0 unspecified atom stereocenters. The van der Waals surface area contributed by atoms with Crippen LogP contribution < -0.4 is 14.8 Å². The zero-order chi connectivity index (χ0) is 24.4. The Morgan fingerprint density at radius 3 is 2.83 bits per heavy atom. The maximum absolute atomic E-state index is 12.9. The van der Waals surface area contributed by atoms with Gasteiger partial charge >= 0.3 is 6.01 Å². The number of nitrogens with one attached hydrogen (secondary N) is 1. The Labute approximate surface area is 200 Å². The number of anilines is 1. The second kappa shape index (κ2) is 9.29. The molecule has 11 heteroatoms. The molecule has 0 fully saturated rings. The number of oxazole rings is 1. The van der Waals surface area contributed by atoms with Gasteiger partial charge in [0, 0.05) is 24.5 Å². The zero-order valence-electron chi connectivity index (χ0n) is 19.4. The summed E-state index contributed by atoms with van der Waals surface area (Å²) in [6, 6.07) is 9.83. The Balaban J connectivity index is 1.28. The molecule has 1 N–H and O–H groups in total. The number of benzene rings is 1. The lowest BCUT2D eigenvalue weighted by Crippen LogP contribution is -2.13. The van der Waals surface area contributed by atoms with E-state index in [1.165, 1.54) is 13.5 Å². The molecular weight excluding hydrogens is 450 g/mol. The van der Waals surface area contributed by atoms with Crippen molar-refractivity contribution in [2.75, 3.05) is 19.5 Å². The summed E-state index contributed by atoms with van der Waals surface area (Å²) in [5.74, 6) is 0.501. The van der Waals surface area contributed by atoms with E-state index in [0.29, 0.717) is 36.1 Å². The molecule has 11 nitrogen and oxygen atoms in total. The summed E-state index contributed by atoms with van der Waals surface area (Å²) >= 11 is 0. The highest BCUT2D eigenvalue weighted by Crippen LogP contribution is 2.26. The number of carbonyl (C=O) groups excluding carboxylic acids is 1. The second-order valence-electron chi connectivity index (χ2n) is 7.81. The van der Waals surface area contributed by atoms with Crippen molar-refractivity contribution in [3.05, 3.63) is 66.6 Å². The zero-order valence-corrected chi connectivity index (χ0v) is 19.4. The molecule has 0 atom stereocenters. The van der Waals surface area contributed by atoms with Crippen molar-refractivity contribution in [3.63, 3.8) is 0 Å². The van der Waals surface area contributed by atoms with E-state index in [0.717, 1.165) is 16.5 Å². The lowest BCUT2D eigenvalue weighted by Gasteiger charge is -2.07. The first kappa shape index (κ1) is 22.1. The first-order valence-corrected chi connectivity index (χ1v) is 10.8. The van der Waals surface area contributed by atoms with Gasteiger partial charge in [-0.2, -0.15) is 15.1 Å². The highest BCUT2D eigenvalue weighted by Gasteiger charge is 2.19. The van der Waals surface area contributed by atoms with E-state index >= 15 is 0 Å². The van der Waals surface area contributed by atoms with Crippen LogP contribution in [0, 0.1) is 6.92 Å². The number of carbonyl (C=O) groups is 1. The van der Waals surface area contributed by atoms with E-state index in [1.54, 1.807) is 24.2 Å². The van der Waals surface area contributed by atoms with Crippen LogP contribution in [0.2, 0.25) is 0 Å². The number of methoxy groups -OCH3 is 2. The van der Waals surface area contributed by atoms with Gasteiger partial charge in [-0.1, -0.05) is 23.8 Å². The summed E-state index contributed by atoms with van der Waals surface area (Å²) in [7, 11) is 3.07. The van der Waals surface area contributed by atoms with Crippen molar-refractivity contribution < 1.29 is 18.7 Å². The number of fused-ring (bicyclic) bond motifs is 1. The van der Waals surface area contributed by atoms with Crippen LogP contribution >= 0.6 is 0 Å². The summed E-state index contributed by atoms with van der Waals surface area (Å²) in [6.45, 7) is 3.11. The lowest BCUT2D eigenvalue weighted by molar-refractivity contribution is 0.102. The molecule has 0 aliphatic carbocycles. The molecule has 5 aromatic rings. The fraction of sp³-hybridized carbons (Fsp3) is 0.208. The minimum atomic E-state index is -0.373. The monoisotopic (exact) mass is 473 g/mol. The van der Waals surface area contributed by atoms with Gasteiger partial charge in [0.25, 0.3) is 5.91 Å². The van der Waals surface area contributed by atoms with Crippen LogP contribution in [0.25, 0.3) is 22.4 Å². The van der Waals surface area contributed by atoms with Crippen molar-refractivity contribution in [1.29, 1.82) is 0 Å². The molecule has 1 aromatic carbocycles. The lowest BCUT2D eigenvalue weighted by atomic mass is 10.1. The molecule has 178 valence electrons. The molecular formula is C24H23N7O4. The predicted octanol–water partition coefficient (Wildman–Crippen LogP) is 3.56. The maximum atomic E-state index is 12.9. The third kappa shape index (κ3) is 4.43. The van der Waals surface area contributed by atoms with Crippen LogP contribution in [0.15, 0.2) is 59.7 Å². The van der Waals surface area contributed by atoms with E-state index in [4.69, 9.17) is 13.9 Å². The molecule has 35 heavy (non-hydrogen) atoms. The van der Waals surface area contributed by atoms with Gasteiger partial charge in [0.05, 0.1) is 38.0 Å². The second-order valence-corrected chi connectivity index (χ2v) is 7.81. The highest BCUT2D eigenvalue weighted by molar-refractivity contribution is 6.06. The maximum Gasteiger partial charge on any atom is 0.321 e. The fourth-order valence-corrected chi connectivity index (χ4v) is 3.80. The normalized spacial score (nSPS) is 11.1. The quantitative estimate of drug-likeness (QED) is 0.363. The number of ether oxygens (including phenoxy) is 2. The molecule has 1 amide bonds. The Hall–Kier alpha value is -4.67. The molecule has 4 heterocycles. The molecule has 0 saturated carbocycles. The van der Waals surface area contributed by atoms with E-state index in [2.05, 4.69) is 25.4 Å². The molecule has 0 spiro atoms. The molecule has 5 rings (SSSR count). The summed E-state index contributed by atoms with van der Waals surface area (Å²) in [4.78, 5) is 25.6. The average Bonchev–Trinajstić information content (AvgIpc) is 3.62. The highest BCUT2D eigenvalue weighted by atomic mass is 16.5. The summed E-state index contributed by atoms with van der Waals surface area (Å²) in [6.07, 6.45) is 6.52. The van der Waals surface area contributed by atoms with Gasteiger partial charge in [-0.3, -0.25) is 9.48 Å². The van der Waals surface area contributed by atoms with Crippen molar-refractivity contribution >= 4 is 22.6 Å². The molecule has 0 radical (unpaired) electrons. The minimum Gasteiger partial charge on any atom is -0.480 e. The van der Waals surface area contributed by atoms with Crippen LogP contribution in [0.4, 0.5) is 5.69 Å². The van der Waals surface area contributed by atoms with Gasteiger partial charge in [0.15, 0.2) is 23.5 Å². The third-order valence-corrected chi connectivity index (χ3v) is 5.46. The van der Waals surface area contributed by atoms with Crippen LogP contribution in [0.1, 0.15) is 16.1 Å². The number of amides is 1. The first-order valence-electron chi connectivity index (χ1n) is 10.8. The van der Waals surface area contributed by atoms with Gasteiger partial charge < -0.3 is 23.8 Å². The summed E-state index contributed by atoms with van der Waals surface area (Å²) in [5.41, 5.74) is 3.31. The first-order chi connectivity index (χ1) is 17.1. The number of hydrogen-bond acceptors (Lipinski definition) is 8. The van der Waals surface area contributed by atoms with Crippen molar-refractivity contribution in [1.82, 2.24) is 29.3 Å². The van der Waals surface area contributed by atoms with Crippen LogP contribution in [-0.2, 0) is 13.1 Å². The van der Waals surface area contributed by atoms with Gasteiger partial charge in [0.1, 0.15) is 0 Å². The topological polar surface area (TPSA) is 122 Å². The van der Waals surface area contributed by atoms with E-state index in [1.807, 2.05) is 48.0 Å². The SMILES string of the molecule is COc1nc(OC)c2ccn(CCn3cc(NC(=O)c4ncoc4-c4cccc(C)c4)cn3)c2n1. The summed E-state index contributed by atoms with van der Waals surface area (Å²) in [5, 5.41) is 7.98. The summed E-state index contributed by atoms with van der Waals surface area (Å²) < 4.78 is 19.7. The van der Waals surface area contributed by atoms with E-state index in [9.17, 15) is 4.79 Å². The average molecular weight is 473 g/mol. The number of nitrogens with zero attached hydrogens (tertiary/aromatic N) is 6. The van der Waals surface area contributed by atoms with Gasteiger partial charge in [0.2, 0.25) is 5.88 Å². The smallest absolute Gasteiger partial charge is 0.321 e. The number of rotatable bonds is 8. The Morgan fingerprint density at radius 1 is 1.14 bits per heavy atom. The van der Waals surface area contributed by atoms with Crippen molar-refractivity contribution in [2.24, 2.45) is 0 Å². The van der Waals surface area contributed by atoms with Gasteiger partial charge in [-0.15, -0.1) is 0 Å². The van der Waals surface area contributed by atoms with E-state index < -0.39 is 0 Å². The van der Waals surface area contributed by atoms with Crippen molar-refractivity contribution in [2.45, 2.75) is 20.0 Å². The Kier molecular flexibility index (Phi) is 5.88. The van der Waals surface area contributed by atoms with Crippen LogP contribution in [0.3, 0.4) is 0 Å². The van der Waals surface area contributed by atoms with Crippen LogP contribution in [0.5, 0.6) is 11.9 Å². The molecule has 0 bridgehead atoms. The van der Waals surface area contributed by atoms with Gasteiger partial charge in [-0.25, -0.2) is 4.98 Å². The van der Waals surface area contributed by atoms with Gasteiger partial charge in [-0.05, 0) is 19.1 Å². The van der Waals surface area contributed by atoms with E-state index in [-0.39, 0.29) is 17.6 Å². The predicted molar refractivity (Wildman–Crippen MR) is 127 cm³/mol. The Bertz CT molecular complexity index is 1500. The van der Waals surface area contributed by atoms with Crippen LogP contribution in [-0.4, -0.2) is 49.4 Å². The molecule has 0 saturated heterocycles. The van der Waals surface area contributed by atoms with Crippen molar-refractivity contribution in [3.8, 4) is 23.2 Å². The number of aromatic nitrogens is 6. The molecule has 0 aliphatic rings. The standard InChI is InChI=1S/C24H23N7O4/c1-15-5-4-6-16(11-15)20-19(25-14-35-20)22(32)27-17-12-26-31(13-17)10-9-30-8-7-18-21(30)28-24(34-3)29-23(18)33-2/h4-8,11-14H,9-10H2,1-3H3,(H,27,32). The number of aryl methyl sites for hydroxylation is 3. The fourth-order valence-electron chi connectivity index (χ4n) is 3.80. The third-order valence-electron chi connectivity index (χ3n) is 5.46. The minimum absolute atomic E-state index is 0.213. The largest absolute Gasteiger partial charge is 0.480 e. The molecule has 0 aliphatic heterocycles. The number of hydrogen-bond donors (Lipinski definition) is 1.